The third-order valence-corrected chi connectivity index (χ3v) is 4.99. The highest BCUT2D eigenvalue weighted by atomic mass is 16.5. The van der Waals surface area contributed by atoms with E-state index in [2.05, 4.69) is 16.7 Å². The second-order valence-electron chi connectivity index (χ2n) is 7.18. The Morgan fingerprint density at radius 3 is 2.57 bits per heavy atom. The molecule has 0 saturated carbocycles. The van der Waals surface area contributed by atoms with E-state index in [1.165, 1.54) is 25.5 Å². The number of carbonyl (C=O) groups excluding carboxylic acids is 2. The Kier molecular flexibility index (Phi) is 7.89. The van der Waals surface area contributed by atoms with Gasteiger partial charge in [-0.05, 0) is 68.5 Å². The van der Waals surface area contributed by atoms with Gasteiger partial charge in [0, 0.05) is 12.2 Å². The summed E-state index contributed by atoms with van der Waals surface area (Å²) in [5, 5.41) is 5.72. The monoisotopic (exact) mass is 408 g/mol. The van der Waals surface area contributed by atoms with Crippen molar-refractivity contribution in [2.45, 2.75) is 32.1 Å². The number of carbonyl (C=O) groups is 2. The molecular weight excluding hydrogens is 380 g/mol. The number of rotatable bonds is 9. The highest BCUT2D eigenvalue weighted by Crippen LogP contribution is 2.21. The summed E-state index contributed by atoms with van der Waals surface area (Å²) in [5.41, 5.74) is 2.53. The first-order valence-corrected chi connectivity index (χ1v) is 10.3. The fourth-order valence-electron chi connectivity index (χ4n) is 3.36. The molecule has 0 atom stereocenters. The largest absolute Gasteiger partial charge is 0.496 e. The van der Waals surface area contributed by atoms with Crippen LogP contribution >= 0.6 is 0 Å². The van der Waals surface area contributed by atoms with Gasteiger partial charge in [-0.15, -0.1) is 0 Å². The zero-order chi connectivity index (χ0) is 21.2. The highest BCUT2D eigenvalue weighted by Gasteiger charge is 2.12. The molecule has 0 radical (unpaired) electrons. The molecule has 0 heterocycles. The predicted molar refractivity (Wildman–Crippen MR) is 117 cm³/mol. The van der Waals surface area contributed by atoms with Gasteiger partial charge < -0.3 is 20.1 Å². The molecule has 30 heavy (non-hydrogen) atoms. The third-order valence-electron chi connectivity index (χ3n) is 4.99. The molecule has 1 aliphatic carbocycles. The maximum atomic E-state index is 12.4. The molecular formula is C24H28N2O4. The number of methoxy groups -OCH3 is 1. The van der Waals surface area contributed by atoms with Crippen molar-refractivity contribution in [2.75, 3.05) is 25.6 Å². The number of ether oxygens (including phenoxy) is 2. The number of anilines is 1. The van der Waals surface area contributed by atoms with Crippen molar-refractivity contribution < 1.29 is 19.1 Å². The third kappa shape index (κ3) is 6.37. The number of hydrogen-bond acceptors (Lipinski definition) is 4. The summed E-state index contributed by atoms with van der Waals surface area (Å²) in [6.45, 7) is 0.605. The van der Waals surface area contributed by atoms with Gasteiger partial charge in [0.25, 0.3) is 11.8 Å². The van der Waals surface area contributed by atoms with Gasteiger partial charge >= 0.3 is 0 Å². The first-order valence-electron chi connectivity index (χ1n) is 10.3. The maximum Gasteiger partial charge on any atom is 0.259 e. The highest BCUT2D eigenvalue weighted by molar-refractivity contribution is 6.06. The van der Waals surface area contributed by atoms with Gasteiger partial charge in [0.1, 0.15) is 11.5 Å². The van der Waals surface area contributed by atoms with Crippen LogP contribution in [0, 0.1) is 0 Å². The smallest absolute Gasteiger partial charge is 0.259 e. The van der Waals surface area contributed by atoms with Crippen LogP contribution in [-0.4, -0.2) is 32.1 Å². The summed E-state index contributed by atoms with van der Waals surface area (Å²) >= 11 is 0. The van der Waals surface area contributed by atoms with Crippen LogP contribution in [0.2, 0.25) is 0 Å². The van der Waals surface area contributed by atoms with Crippen LogP contribution in [0.3, 0.4) is 0 Å². The van der Waals surface area contributed by atoms with Gasteiger partial charge in [0.05, 0.1) is 12.7 Å². The predicted octanol–water partition coefficient (Wildman–Crippen LogP) is 4.33. The van der Waals surface area contributed by atoms with Crippen molar-refractivity contribution in [3.05, 3.63) is 65.7 Å². The fraction of sp³-hybridized carbons (Fsp3) is 0.333. The van der Waals surface area contributed by atoms with Gasteiger partial charge in [-0.25, -0.2) is 0 Å². The van der Waals surface area contributed by atoms with E-state index in [1.807, 2.05) is 6.07 Å². The van der Waals surface area contributed by atoms with Crippen LogP contribution in [0.4, 0.5) is 5.69 Å². The molecule has 1 aliphatic rings. The van der Waals surface area contributed by atoms with Crippen molar-refractivity contribution in [3.8, 4) is 11.5 Å². The van der Waals surface area contributed by atoms with Gasteiger partial charge in [-0.2, -0.15) is 0 Å². The molecule has 158 valence electrons. The van der Waals surface area contributed by atoms with Crippen molar-refractivity contribution >= 4 is 17.5 Å². The topological polar surface area (TPSA) is 76.7 Å². The van der Waals surface area contributed by atoms with Crippen LogP contribution in [-0.2, 0) is 4.79 Å². The molecule has 6 nitrogen and oxygen atoms in total. The number of nitrogens with one attached hydrogen (secondary N) is 2. The van der Waals surface area contributed by atoms with E-state index < -0.39 is 0 Å². The zero-order valence-electron chi connectivity index (χ0n) is 17.3. The van der Waals surface area contributed by atoms with Crippen LogP contribution in [0.1, 0.15) is 42.5 Å². The summed E-state index contributed by atoms with van der Waals surface area (Å²) in [6, 6.07) is 13.9. The average molecular weight is 408 g/mol. The molecule has 0 aromatic heterocycles. The molecule has 3 rings (SSSR count). The molecule has 0 aliphatic heterocycles. The van der Waals surface area contributed by atoms with Gasteiger partial charge in [0.15, 0.2) is 6.61 Å². The molecule has 0 saturated heterocycles. The minimum Gasteiger partial charge on any atom is -0.496 e. The Morgan fingerprint density at radius 2 is 1.83 bits per heavy atom. The second kappa shape index (κ2) is 11.0. The van der Waals surface area contributed by atoms with Crippen LogP contribution in [0.15, 0.2) is 60.2 Å². The molecule has 2 aromatic carbocycles. The molecule has 2 N–H and O–H groups in total. The second-order valence-corrected chi connectivity index (χ2v) is 7.18. The summed E-state index contributed by atoms with van der Waals surface area (Å²) < 4.78 is 10.8. The first-order chi connectivity index (χ1) is 14.7. The van der Waals surface area contributed by atoms with Gasteiger partial charge in [0.2, 0.25) is 0 Å². The van der Waals surface area contributed by atoms with E-state index in [0.29, 0.717) is 29.3 Å². The molecule has 0 fully saturated rings. The number of amides is 2. The lowest BCUT2D eigenvalue weighted by atomic mass is 9.97. The summed E-state index contributed by atoms with van der Waals surface area (Å²) in [7, 11) is 1.53. The fourth-order valence-corrected chi connectivity index (χ4v) is 3.36. The Bertz CT molecular complexity index is 890. The Labute approximate surface area is 177 Å². The first kappa shape index (κ1) is 21.4. The van der Waals surface area contributed by atoms with E-state index >= 15 is 0 Å². The maximum absolute atomic E-state index is 12.4. The molecule has 2 amide bonds. The van der Waals surface area contributed by atoms with Crippen molar-refractivity contribution in [1.82, 2.24) is 5.32 Å². The molecule has 0 bridgehead atoms. The van der Waals surface area contributed by atoms with Crippen LogP contribution in [0.5, 0.6) is 11.5 Å². The summed E-state index contributed by atoms with van der Waals surface area (Å²) in [4.78, 5) is 24.4. The molecule has 2 aromatic rings. The SMILES string of the molecule is COc1ccccc1C(=O)Nc1ccc(OCC(=O)NCCC2=CCCCC2)cc1. The van der Waals surface area contributed by atoms with Crippen LogP contribution in [0.25, 0.3) is 0 Å². The summed E-state index contributed by atoms with van der Waals surface area (Å²) in [5.74, 6) is 0.685. The normalized spacial score (nSPS) is 13.2. The van der Waals surface area contributed by atoms with E-state index in [-0.39, 0.29) is 18.4 Å². The zero-order valence-corrected chi connectivity index (χ0v) is 17.3. The Balaban J connectivity index is 1.42. The van der Waals surface area contributed by atoms with Gasteiger partial charge in [-0.1, -0.05) is 23.8 Å². The molecule has 0 spiro atoms. The molecule has 6 heteroatoms. The van der Waals surface area contributed by atoms with E-state index in [4.69, 9.17) is 9.47 Å². The quantitative estimate of drug-likeness (QED) is 0.606. The molecule has 0 unspecified atom stereocenters. The minimum absolute atomic E-state index is 0.0357. The lowest BCUT2D eigenvalue weighted by Crippen LogP contribution is -2.30. The number of hydrogen-bond donors (Lipinski definition) is 2. The van der Waals surface area contributed by atoms with Crippen molar-refractivity contribution in [2.24, 2.45) is 0 Å². The Morgan fingerprint density at radius 1 is 1.03 bits per heavy atom. The van der Waals surface area contributed by atoms with Crippen LogP contribution < -0.4 is 20.1 Å². The van der Waals surface area contributed by atoms with Crippen molar-refractivity contribution in [3.63, 3.8) is 0 Å². The average Bonchev–Trinajstić information content (AvgIpc) is 2.79. The van der Waals surface area contributed by atoms with Gasteiger partial charge in [-0.3, -0.25) is 9.59 Å². The van der Waals surface area contributed by atoms with E-state index in [9.17, 15) is 9.59 Å². The van der Waals surface area contributed by atoms with Crippen molar-refractivity contribution in [1.29, 1.82) is 0 Å². The minimum atomic E-state index is -0.256. The van der Waals surface area contributed by atoms with E-state index in [1.54, 1.807) is 42.5 Å². The number of allylic oxidation sites excluding steroid dienone is 1. The number of benzene rings is 2. The lowest BCUT2D eigenvalue weighted by molar-refractivity contribution is -0.123. The Hall–Kier alpha value is -3.28. The standard InChI is InChI=1S/C24H28N2O4/c1-29-22-10-6-5-9-21(22)24(28)26-19-11-13-20(14-12-19)30-17-23(27)25-16-15-18-7-3-2-4-8-18/h5-7,9-14H,2-4,8,15-17H2,1H3,(H,25,27)(H,26,28). The lowest BCUT2D eigenvalue weighted by Gasteiger charge is -2.13. The number of para-hydroxylation sites is 1. The summed E-state index contributed by atoms with van der Waals surface area (Å²) in [6.07, 6.45) is 8.02. The van der Waals surface area contributed by atoms with E-state index in [0.717, 1.165) is 19.3 Å².